The SMILES string of the molecule is O=C(O)c1nn(-c2cccc(Cl)c2)cc1CCCO. The molecule has 6 heteroatoms. The summed E-state index contributed by atoms with van der Waals surface area (Å²) >= 11 is 5.90. The maximum absolute atomic E-state index is 11.1. The van der Waals surface area contributed by atoms with Gasteiger partial charge < -0.3 is 10.2 Å². The zero-order valence-corrected chi connectivity index (χ0v) is 10.8. The van der Waals surface area contributed by atoms with Crippen LogP contribution in [0.2, 0.25) is 5.02 Å². The van der Waals surface area contributed by atoms with Gasteiger partial charge in [-0.1, -0.05) is 17.7 Å². The Morgan fingerprint density at radius 2 is 2.21 bits per heavy atom. The topological polar surface area (TPSA) is 75.3 Å². The highest BCUT2D eigenvalue weighted by molar-refractivity contribution is 6.30. The van der Waals surface area contributed by atoms with Crippen LogP contribution in [-0.2, 0) is 6.42 Å². The number of aryl methyl sites for hydroxylation is 1. The van der Waals surface area contributed by atoms with Crippen LogP contribution < -0.4 is 0 Å². The lowest BCUT2D eigenvalue weighted by molar-refractivity contribution is 0.0688. The van der Waals surface area contributed by atoms with Gasteiger partial charge in [-0.2, -0.15) is 5.10 Å². The van der Waals surface area contributed by atoms with E-state index in [1.165, 1.54) is 4.68 Å². The van der Waals surface area contributed by atoms with E-state index in [4.69, 9.17) is 21.8 Å². The number of aliphatic hydroxyl groups excluding tert-OH is 1. The largest absolute Gasteiger partial charge is 0.476 e. The third-order valence-corrected chi connectivity index (χ3v) is 2.90. The highest BCUT2D eigenvalue weighted by atomic mass is 35.5. The van der Waals surface area contributed by atoms with Crippen LogP contribution in [0.3, 0.4) is 0 Å². The highest BCUT2D eigenvalue weighted by Crippen LogP contribution is 2.17. The van der Waals surface area contributed by atoms with Gasteiger partial charge in [-0.25, -0.2) is 9.48 Å². The standard InChI is InChI=1S/C13H13ClN2O3/c14-10-4-1-5-11(7-10)16-8-9(3-2-6-17)12(15-16)13(18)19/h1,4-5,7-8,17H,2-3,6H2,(H,18,19). The number of aromatic carboxylic acids is 1. The fraction of sp³-hybridized carbons (Fsp3) is 0.231. The molecule has 2 aromatic rings. The first-order valence-corrected chi connectivity index (χ1v) is 6.18. The summed E-state index contributed by atoms with van der Waals surface area (Å²) < 4.78 is 1.49. The fourth-order valence-electron chi connectivity index (χ4n) is 1.79. The van der Waals surface area contributed by atoms with E-state index in [-0.39, 0.29) is 12.3 Å². The molecule has 0 radical (unpaired) electrons. The van der Waals surface area contributed by atoms with Gasteiger partial charge in [0, 0.05) is 23.4 Å². The van der Waals surface area contributed by atoms with Crippen LogP contribution in [0.15, 0.2) is 30.5 Å². The second kappa shape index (κ2) is 5.86. The molecule has 2 rings (SSSR count). The molecule has 0 unspecified atom stereocenters. The minimum absolute atomic E-state index is 0.00780. The van der Waals surface area contributed by atoms with E-state index >= 15 is 0 Å². The van der Waals surface area contributed by atoms with Crippen molar-refractivity contribution in [2.24, 2.45) is 0 Å². The Morgan fingerprint density at radius 3 is 2.84 bits per heavy atom. The zero-order chi connectivity index (χ0) is 13.8. The van der Waals surface area contributed by atoms with E-state index in [2.05, 4.69) is 5.10 Å². The summed E-state index contributed by atoms with van der Waals surface area (Å²) in [6.07, 6.45) is 2.63. The van der Waals surface area contributed by atoms with Crippen molar-refractivity contribution >= 4 is 17.6 Å². The zero-order valence-electron chi connectivity index (χ0n) is 10.1. The van der Waals surface area contributed by atoms with Gasteiger partial charge in [-0.3, -0.25) is 0 Å². The molecule has 0 saturated heterocycles. The Hall–Kier alpha value is -1.85. The molecule has 0 amide bonds. The molecule has 0 aliphatic rings. The minimum Gasteiger partial charge on any atom is -0.476 e. The van der Waals surface area contributed by atoms with Crippen LogP contribution in [0, 0.1) is 0 Å². The summed E-state index contributed by atoms with van der Waals surface area (Å²) in [7, 11) is 0. The van der Waals surface area contributed by atoms with Gasteiger partial charge in [0.05, 0.1) is 5.69 Å². The Kier molecular flexibility index (Phi) is 4.19. The predicted molar refractivity (Wildman–Crippen MR) is 70.9 cm³/mol. The molecule has 2 N–H and O–H groups in total. The molecule has 100 valence electrons. The maximum atomic E-state index is 11.1. The average molecular weight is 281 g/mol. The van der Waals surface area contributed by atoms with E-state index in [1.54, 1.807) is 30.5 Å². The summed E-state index contributed by atoms with van der Waals surface area (Å²) in [6, 6.07) is 7.00. The van der Waals surface area contributed by atoms with Crippen LogP contribution in [-0.4, -0.2) is 32.6 Å². The van der Waals surface area contributed by atoms with Crippen LogP contribution in [0.5, 0.6) is 0 Å². The van der Waals surface area contributed by atoms with E-state index in [1.807, 2.05) is 0 Å². The normalized spacial score (nSPS) is 10.6. The Bertz CT molecular complexity index is 595. The van der Waals surface area contributed by atoms with Gasteiger partial charge in [-0.05, 0) is 31.0 Å². The van der Waals surface area contributed by atoms with Gasteiger partial charge in [-0.15, -0.1) is 0 Å². The summed E-state index contributed by atoms with van der Waals surface area (Å²) in [6.45, 7) is 0.0153. The first-order chi connectivity index (χ1) is 9.11. The molecule has 0 aliphatic carbocycles. The van der Waals surface area contributed by atoms with Crippen molar-refractivity contribution in [3.63, 3.8) is 0 Å². The average Bonchev–Trinajstić information content (AvgIpc) is 2.80. The molecule has 0 atom stereocenters. The second-order valence-corrected chi connectivity index (χ2v) is 4.50. The van der Waals surface area contributed by atoms with Crippen molar-refractivity contribution in [3.05, 3.63) is 46.7 Å². The first kappa shape index (κ1) is 13.6. The number of rotatable bonds is 5. The lowest BCUT2D eigenvalue weighted by atomic mass is 10.1. The Balaban J connectivity index is 2.39. The summed E-state index contributed by atoms with van der Waals surface area (Å²) in [5, 5.41) is 22.5. The maximum Gasteiger partial charge on any atom is 0.356 e. The monoisotopic (exact) mass is 280 g/mol. The number of aromatic nitrogens is 2. The molecular weight excluding hydrogens is 268 g/mol. The lowest BCUT2D eigenvalue weighted by Crippen LogP contribution is -2.03. The Morgan fingerprint density at radius 1 is 1.42 bits per heavy atom. The van der Waals surface area contributed by atoms with Gasteiger partial charge in [0.2, 0.25) is 0 Å². The van der Waals surface area contributed by atoms with Crippen molar-refractivity contribution in [1.29, 1.82) is 0 Å². The first-order valence-electron chi connectivity index (χ1n) is 5.80. The van der Waals surface area contributed by atoms with Gasteiger partial charge in [0.25, 0.3) is 0 Å². The fourth-order valence-corrected chi connectivity index (χ4v) is 1.98. The third kappa shape index (κ3) is 3.13. The summed E-state index contributed by atoms with van der Waals surface area (Å²) in [4.78, 5) is 11.1. The van der Waals surface area contributed by atoms with Crippen molar-refractivity contribution in [1.82, 2.24) is 9.78 Å². The van der Waals surface area contributed by atoms with Crippen molar-refractivity contribution in [3.8, 4) is 5.69 Å². The minimum atomic E-state index is -1.08. The molecule has 1 aromatic carbocycles. The molecule has 5 nitrogen and oxygen atoms in total. The molecule has 0 spiro atoms. The molecule has 0 fully saturated rings. The molecule has 0 bridgehead atoms. The lowest BCUT2D eigenvalue weighted by Gasteiger charge is -2.00. The van der Waals surface area contributed by atoms with Gasteiger partial charge >= 0.3 is 5.97 Å². The van der Waals surface area contributed by atoms with Gasteiger partial charge in [0.15, 0.2) is 5.69 Å². The van der Waals surface area contributed by atoms with E-state index < -0.39 is 5.97 Å². The van der Waals surface area contributed by atoms with E-state index in [0.717, 1.165) is 0 Å². The molecule has 1 heterocycles. The number of carboxylic acids is 1. The van der Waals surface area contributed by atoms with Crippen LogP contribution in [0.25, 0.3) is 5.69 Å². The molecular formula is C13H13ClN2O3. The highest BCUT2D eigenvalue weighted by Gasteiger charge is 2.16. The molecule has 0 saturated carbocycles. The number of nitrogens with zero attached hydrogens (tertiary/aromatic N) is 2. The molecule has 0 aliphatic heterocycles. The quantitative estimate of drug-likeness (QED) is 0.880. The number of benzene rings is 1. The van der Waals surface area contributed by atoms with Crippen LogP contribution >= 0.6 is 11.6 Å². The van der Waals surface area contributed by atoms with Crippen molar-refractivity contribution in [2.75, 3.05) is 6.61 Å². The summed E-state index contributed by atoms with van der Waals surface area (Å²) in [5.74, 6) is -1.08. The van der Waals surface area contributed by atoms with E-state index in [9.17, 15) is 4.79 Å². The number of hydrogen-bond acceptors (Lipinski definition) is 3. The third-order valence-electron chi connectivity index (χ3n) is 2.67. The number of carbonyl (C=O) groups is 1. The number of aliphatic hydroxyl groups is 1. The number of halogens is 1. The van der Waals surface area contributed by atoms with E-state index in [0.29, 0.717) is 29.1 Å². The van der Waals surface area contributed by atoms with Crippen LogP contribution in [0.4, 0.5) is 0 Å². The molecule has 1 aromatic heterocycles. The number of carboxylic acid groups (broad SMARTS) is 1. The summed E-state index contributed by atoms with van der Waals surface area (Å²) in [5.41, 5.74) is 1.31. The van der Waals surface area contributed by atoms with Crippen LogP contribution in [0.1, 0.15) is 22.5 Å². The van der Waals surface area contributed by atoms with Gasteiger partial charge in [0.1, 0.15) is 0 Å². The predicted octanol–water partition coefficient (Wildman–Crippen LogP) is 2.15. The second-order valence-electron chi connectivity index (χ2n) is 4.06. The van der Waals surface area contributed by atoms with Crippen molar-refractivity contribution in [2.45, 2.75) is 12.8 Å². The smallest absolute Gasteiger partial charge is 0.356 e. The molecule has 19 heavy (non-hydrogen) atoms. The Labute approximate surface area is 115 Å². The van der Waals surface area contributed by atoms with Crippen molar-refractivity contribution < 1.29 is 15.0 Å². The number of hydrogen-bond donors (Lipinski definition) is 2.